The average Bonchev–Trinajstić information content (AvgIpc) is 2.44. The molecule has 21 heavy (non-hydrogen) atoms. The lowest BCUT2D eigenvalue weighted by Gasteiger charge is -2.22. The van der Waals surface area contributed by atoms with Gasteiger partial charge in [-0.2, -0.15) is 0 Å². The maximum absolute atomic E-state index is 11.7. The van der Waals surface area contributed by atoms with Crippen LogP contribution in [-0.2, 0) is 19.6 Å². The highest BCUT2D eigenvalue weighted by Gasteiger charge is 2.17. The number of rotatable bonds is 9. The fraction of sp³-hybridized carbons (Fsp3) is 0.917. The second kappa shape index (κ2) is 11.2. The number of amides is 1. The van der Waals surface area contributed by atoms with Crippen LogP contribution in [-0.4, -0.2) is 52.4 Å². The summed E-state index contributed by atoms with van der Waals surface area (Å²) in [5.74, 6) is -0.282. The van der Waals surface area contributed by atoms with Crippen LogP contribution >= 0.6 is 12.4 Å². The van der Waals surface area contributed by atoms with E-state index in [0.29, 0.717) is 32.5 Å². The van der Waals surface area contributed by atoms with E-state index < -0.39 is 10.0 Å². The Morgan fingerprint density at radius 2 is 2.10 bits per heavy atom. The zero-order chi connectivity index (χ0) is 14.8. The van der Waals surface area contributed by atoms with Crippen molar-refractivity contribution in [3.05, 3.63) is 0 Å². The van der Waals surface area contributed by atoms with E-state index in [-0.39, 0.29) is 36.7 Å². The molecule has 1 fully saturated rings. The van der Waals surface area contributed by atoms with Gasteiger partial charge < -0.3 is 15.8 Å². The summed E-state index contributed by atoms with van der Waals surface area (Å²) in [6.07, 6.45) is 3.91. The Morgan fingerprint density at radius 3 is 2.71 bits per heavy atom. The lowest BCUT2D eigenvalue weighted by molar-refractivity contribution is -0.121. The summed E-state index contributed by atoms with van der Waals surface area (Å²) in [6, 6.07) is 0. The molecule has 1 atom stereocenters. The lowest BCUT2D eigenvalue weighted by atomic mass is 10.1. The van der Waals surface area contributed by atoms with Crippen molar-refractivity contribution in [3.8, 4) is 0 Å². The van der Waals surface area contributed by atoms with Crippen molar-refractivity contribution < 1.29 is 17.9 Å². The Labute approximate surface area is 132 Å². The van der Waals surface area contributed by atoms with Gasteiger partial charge in [-0.1, -0.05) is 0 Å². The summed E-state index contributed by atoms with van der Waals surface area (Å²) in [5.41, 5.74) is 5.29. The molecule has 7 nitrogen and oxygen atoms in total. The van der Waals surface area contributed by atoms with E-state index in [1.54, 1.807) is 0 Å². The van der Waals surface area contributed by atoms with Crippen molar-refractivity contribution in [1.29, 1.82) is 0 Å². The molecule has 1 aliphatic rings. The molecule has 0 aromatic rings. The zero-order valence-electron chi connectivity index (χ0n) is 12.2. The minimum atomic E-state index is -3.37. The Hall–Kier alpha value is -0.410. The maximum Gasteiger partial charge on any atom is 0.220 e. The van der Waals surface area contributed by atoms with Crippen LogP contribution in [0.25, 0.3) is 0 Å². The molecule has 0 saturated carbocycles. The average molecular weight is 344 g/mol. The standard InChI is InChI=1S/C12H25N3O4S.ClH/c13-6-3-5-12(16)14-7-9-20(17,18)15-10-11-4-1-2-8-19-11;/h11,15H,1-10,13H2,(H,14,16);1H. The highest BCUT2D eigenvalue weighted by Crippen LogP contribution is 2.11. The number of nitrogens with two attached hydrogens (primary N) is 1. The number of carbonyl (C=O) groups excluding carboxylic acids is 1. The lowest BCUT2D eigenvalue weighted by Crippen LogP contribution is -2.39. The molecule has 9 heteroatoms. The smallest absolute Gasteiger partial charge is 0.220 e. The molecule has 1 aliphatic heterocycles. The third-order valence-corrected chi connectivity index (χ3v) is 4.45. The summed E-state index contributed by atoms with van der Waals surface area (Å²) in [7, 11) is -3.37. The van der Waals surface area contributed by atoms with E-state index >= 15 is 0 Å². The molecule has 0 aromatic heterocycles. The Morgan fingerprint density at radius 1 is 1.33 bits per heavy atom. The van der Waals surface area contributed by atoms with Crippen LogP contribution in [0.3, 0.4) is 0 Å². The van der Waals surface area contributed by atoms with E-state index in [0.717, 1.165) is 19.3 Å². The molecule has 1 rings (SSSR count). The maximum atomic E-state index is 11.7. The molecule has 1 unspecified atom stereocenters. The van der Waals surface area contributed by atoms with Gasteiger partial charge in [0.05, 0.1) is 11.9 Å². The molecular formula is C12H26ClN3O4S. The number of sulfonamides is 1. The number of hydrogen-bond donors (Lipinski definition) is 3. The minimum Gasteiger partial charge on any atom is -0.377 e. The molecule has 0 bridgehead atoms. The van der Waals surface area contributed by atoms with Crippen molar-refractivity contribution in [3.63, 3.8) is 0 Å². The van der Waals surface area contributed by atoms with Crippen LogP contribution < -0.4 is 15.8 Å². The third kappa shape index (κ3) is 10.0. The molecular weight excluding hydrogens is 318 g/mol. The molecule has 0 aliphatic carbocycles. The molecule has 1 amide bonds. The van der Waals surface area contributed by atoms with E-state index in [2.05, 4.69) is 10.0 Å². The van der Waals surface area contributed by atoms with Gasteiger partial charge in [0, 0.05) is 26.1 Å². The Balaban J connectivity index is 0.00000400. The number of ether oxygens (including phenoxy) is 1. The SMILES string of the molecule is Cl.NCCCC(=O)NCCS(=O)(=O)NCC1CCCCO1. The second-order valence-electron chi connectivity index (χ2n) is 4.90. The highest BCUT2D eigenvalue weighted by molar-refractivity contribution is 7.89. The number of nitrogens with one attached hydrogen (secondary N) is 2. The van der Waals surface area contributed by atoms with Crippen molar-refractivity contribution in [2.24, 2.45) is 5.73 Å². The topological polar surface area (TPSA) is 111 Å². The van der Waals surface area contributed by atoms with Crippen molar-refractivity contribution in [2.75, 3.05) is 32.0 Å². The number of halogens is 1. The fourth-order valence-corrected chi connectivity index (χ4v) is 2.89. The fourth-order valence-electron chi connectivity index (χ4n) is 1.94. The molecule has 126 valence electrons. The van der Waals surface area contributed by atoms with E-state index in [1.807, 2.05) is 0 Å². The van der Waals surface area contributed by atoms with Crippen LogP contribution in [0.1, 0.15) is 32.1 Å². The van der Waals surface area contributed by atoms with E-state index in [1.165, 1.54) is 0 Å². The van der Waals surface area contributed by atoms with Crippen molar-refractivity contribution in [1.82, 2.24) is 10.0 Å². The van der Waals surface area contributed by atoms with Gasteiger partial charge in [0.15, 0.2) is 0 Å². The first-order chi connectivity index (χ1) is 9.53. The van der Waals surface area contributed by atoms with E-state index in [4.69, 9.17) is 10.5 Å². The minimum absolute atomic E-state index is 0. The normalized spacial score (nSPS) is 18.8. The summed E-state index contributed by atoms with van der Waals surface area (Å²) in [6.45, 7) is 1.58. The van der Waals surface area contributed by atoms with Gasteiger partial charge in [-0.25, -0.2) is 13.1 Å². The van der Waals surface area contributed by atoms with Gasteiger partial charge in [-0.05, 0) is 32.2 Å². The molecule has 1 saturated heterocycles. The molecule has 0 spiro atoms. The first kappa shape index (κ1) is 20.6. The number of hydrogen-bond acceptors (Lipinski definition) is 5. The van der Waals surface area contributed by atoms with Crippen LogP contribution in [0.2, 0.25) is 0 Å². The monoisotopic (exact) mass is 343 g/mol. The van der Waals surface area contributed by atoms with Crippen molar-refractivity contribution in [2.45, 2.75) is 38.2 Å². The van der Waals surface area contributed by atoms with E-state index in [9.17, 15) is 13.2 Å². The predicted octanol–water partition coefficient (Wildman–Crippen LogP) is -0.248. The molecule has 1 heterocycles. The van der Waals surface area contributed by atoms with Gasteiger partial charge in [-0.15, -0.1) is 12.4 Å². The molecule has 0 radical (unpaired) electrons. The Kier molecular flexibility index (Phi) is 11.0. The van der Waals surface area contributed by atoms with Gasteiger partial charge in [-0.3, -0.25) is 4.79 Å². The summed E-state index contributed by atoms with van der Waals surface area (Å²) in [5, 5.41) is 2.57. The number of carbonyl (C=O) groups is 1. The van der Waals surface area contributed by atoms with Crippen molar-refractivity contribution >= 4 is 28.3 Å². The quantitative estimate of drug-likeness (QED) is 0.534. The van der Waals surface area contributed by atoms with Gasteiger partial charge in [0.2, 0.25) is 15.9 Å². The first-order valence-corrected chi connectivity index (χ1v) is 8.74. The molecule has 4 N–H and O–H groups in total. The zero-order valence-corrected chi connectivity index (χ0v) is 13.8. The van der Waals surface area contributed by atoms with Crippen LogP contribution in [0.15, 0.2) is 0 Å². The van der Waals surface area contributed by atoms with Crippen LogP contribution in [0.4, 0.5) is 0 Å². The third-order valence-electron chi connectivity index (χ3n) is 3.11. The first-order valence-electron chi connectivity index (χ1n) is 7.09. The highest BCUT2D eigenvalue weighted by atomic mass is 35.5. The molecule has 0 aromatic carbocycles. The predicted molar refractivity (Wildman–Crippen MR) is 83.9 cm³/mol. The Bertz CT molecular complexity index is 386. The van der Waals surface area contributed by atoms with Crippen LogP contribution in [0, 0.1) is 0 Å². The largest absolute Gasteiger partial charge is 0.377 e. The van der Waals surface area contributed by atoms with Gasteiger partial charge in [0.25, 0.3) is 0 Å². The summed E-state index contributed by atoms with van der Waals surface area (Å²) < 4.78 is 31.4. The van der Waals surface area contributed by atoms with Gasteiger partial charge in [0.1, 0.15) is 0 Å². The van der Waals surface area contributed by atoms with Crippen LogP contribution in [0.5, 0.6) is 0 Å². The second-order valence-corrected chi connectivity index (χ2v) is 6.82. The summed E-state index contributed by atoms with van der Waals surface area (Å²) in [4.78, 5) is 11.3. The van der Waals surface area contributed by atoms with Gasteiger partial charge >= 0.3 is 0 Å². The summed E-state index contributed by atoms with van der Waals surface area (Å²) >= 11 is 0.